The molecule has 4 aromatic rings. The molecular formula is C55H70F3N7O9S. The van der Waals surface area contributed by atoms with Gasteiger partial charge in [-0.2, -0.15) is 13.2 Å². The summed E-state index contributed by atoms with van der Waals surface area (Å²) in [5.41, 5.74) is 6.45. The third kappa shape index (κ3) is 18.0. The number of thiazole rings is 1. The molecule has 0 radical (unpaired) electrons. The minimum Gasteiger partial charge on any atom is -0.495 e. The van der Waals surface area contributed by atoms with Gasteiger partial charge in [0, 0.05) is 31.7 Å². The van der Waals surface area contributed by atoms with Crippen LogP contribution in [-0.2, 0) is 52.9 Å². The molecule has 16 nitrogen and oxygen atoms in total. The highest BCUT2D eigenvalue weighted by Crippen LogP contribution is 2.40. The Balaban J connectivity index is 0.810. The van der Waals surface area contributed by atoms with Gasteiger partial charge in [-0.3, -0.25) is 24.0 Å². The van der Waals surface area contributed by atoms with Crippen molar-refractivity contribution in [3.05, 3.63) is 106 Å². The van der Waals surface area contributed by atoms with E-state index in [-0.39, 0.29) is 101 Å². The number of hydrogen-bond acceptors (Lipinski definition) is 12. The Kier molecular flexibility index (Phi) is 21.7. The van der Waals surface area contributed by atoms with Gasteiger partial charge in [-0.1, -0.05) is 81.5 Å². The first kappa shape index (κ1) is 58.0. The number of aromatic nitrogens is 2. The summed E-state index contributed by atoms with van der Waals surface area (Å²) in [5, 5.41) is 11.5. The Morgan fingerprint density at radius 2 is 1.51 bits per heavy atom. The maximum atomic E-state index is 13.9. The van der Waals surface area contributed by atoms with Gasteiger partial charge in [-0.25, -0.2) is 9.97 Å². The molecule has 6 rings (SSSR count). The molecule has 2 fully saturated rings. The first-order valence-electron chi connectivity index (χ1n) is 25.4. The number of nitrogens with zero attached hydrogens (tertiary/aromatic N) is 3. The van der Waals surface area contributed by atoms with Crippen LogP contribution >= 0.6 is 11.3 Å². The molecule has 2 atom stereocenters. The topological polar surface area (TPSA) is 199 Å². The molecule has 4 N–H and O–H groups in total. The van der Waals surface area contributed by atoms with Crippen LogP contribution in [-0.4, -0.2) is 123 Å². The molecule has 406 valence electrons. The molecule has 1 aliphatic carbocycles. The predicted octanol–water partition coefficient (Wildman–Crippen LogP) is 7.38. The van der Waals surface area contributed by atoms with E-state index in [1.54, 1.807) is 34.4 Å². The summed E-state index contributed by atoms with van der Waals surface area (Å²) in [6.45, 7) is 9.63. The van der Waals surface area contributed by atoms with E-state index < -0.39 is 41.4 Å². The number of amides is 5. The van der Waals surface area contributed by atoms with Crippen LogP contribution in [0.1, 0.15) is 97.7 Å². The fourth-order valence-electron chi connectivity index (χ4n) is 8.98. The maximum Gasteiger partial charge on any atom is 0.391 e. The van der Waals surface area contributed by atoms with Crippen LogP contribution in [0.3, 0.4) is 0 Å². The van der Waals surface area contributed by atoms with Gasteiger partial charge in [-0.05, 0) is 85.1 Å². The number of carbonyl (C=O) groups is 5. The lowest BCUT2D eigenvalue weighted by atomic mass is 9.81. The number of ether oxygens (including phenoxy) is 4. The number of nitrogens with one attached hydrogen (secondary N) is 4. The van der Waals surface area contributed by atoms with Crippen molar-refractivity contribution < 1.29 is 56.1 Å². The molecule has 75 heavy (non-hydrogen) atoms. The zero-order chi connectivity index (χ0) is 54.0. The minimum absolute atomic E-state index is 0.000437. The summed E-state index contributed by atoms with van der Waals surface area (Å²) in [4.78, 5) is 77.3. The lowest BCUT2D eigenvalue weighted by Crippen LogP contribution is -2.58. The second-order valence-corrected chi connectivity index (χ2v) is 20.7. The predicted molar refractivity (Wildman–Crippen MR) is 278 cm³/mol. The molecule has 2 aromatic heterocycles. The van der Waals surface area contributed by atoms with E-state index in [0.29, 0.717) is 50.1 Å². The Hall–Kier alpha value is -6.22. The SMILES string of the molecule is COc1cnc(C(=O)NCc2cccc(CC(=O)NCCOCCOCCOCC(=O)NC(C(=O)N3CCC[C@H]3C(=O)NCc3ccc(-c4scnc4C)cc3)C(C)(C)C)c2)cc1/C=C/C1CCC(C(F)(F)F)CC1. The van der Waals surface area contributed by atoms with Crippen molar-refractivity contribution in [3.8, 4) is 16.2 Å². The summed E-state index contributed by atoms with van der Waals surface area (Å²) in [5.74, 6) is -2.44. The Morgan fingerprint density at radius 3 is 2.19 bits per heavy atom. The molecule has 2 aromatic carbocycles. The molecule has 1 unspecified atom stereocenters. The largest absolute Gasteiger partial charge is 0.495 e. The van der Waals surface area contributed by atoms with Crippen LogP contribution in [0.5, 0.6) is 5.75 Å². The molecule has 5 amide bonds. The number of rotatable bonds is 25. The van der Waals surface area contributed by atoms with Gasteiger partial charge in [0.2, 0.25) is 23.6 Å². The van der Waals surface area contributed by atoms with E-state index in [4.69, 9.17) is 18.9 Å². The standard InChI is InChI=1S/C55H70F3N7O9S/c1-36-49(75-35-63-36)41-16-12-38(13-17-41)31-62-52(69)45-10-7-22-65(45)53(70)50(54(2,3)4)64-48(67)34-74-27-26-73-25-24-72-23-21-59-47(66)29-39-8-6-9-40(28-39)32-61-51(68)44-30-42(46(71-5)33-60-44)18-11-37-14-19-43(20-15-37)55(56,57)58/h6,8-9,11-13,16-18,28,30,33,35,37,43,45,50H,7,10,14-15,19-27,29,31-32,34H2,1-5H3,(H,59,66)(H,61,68)(H,62,69)(H,64,67)/b18-11+/t37?,43?,45-,50?/m0/s1. The zero-order valence-electron chi connectivity index (χ0n) is 43.4. The van der Waals surface area contributed by atoms with Crippen molar-refractivity contribution in [1.82, 2.24) is 36.1 Å². The number of alkyl halides is 3. The highest BCUT2D eigenvalue weighted by Gasteiger charge is 2.42. The van der Waals surface area contributed by atoms with Crippen molar-refractivity contribution >= 4 is 46.9 Å². The second-order valence-electron chi connectivity index (χ2n) is 19.9. The number of pyridine rings is 1. The monoisotopic (exact) mass is 1060 g/mol. The van der Waals surface area contributed by atoms with Crippen molar-refractivity contribution in [2.45, 2.75) is 104 Å². The Bertz CT molecular complexity index is 2560. The zero-order valence-corrected chi connectivity index (χ0v) is 44.2. The van der Waals surface area contributed by atoms with Gasteiger partial charge < -0.3 is 45.1 Å². The van der Waals surface area contributed by atoms with E-state index in [1.165, 1.54) is 13.3 Å². The first-order chi connectivity index (χ1) is 35.9. The van der Waals surface area contributed by atoms with Gasteiger partial charge in [0.15, 0.2) is 0 Å². The number of halogens is 3. The number of allylic oxidation sites excluding steroid dienone is 1. The molecular weight excluding hydrogens is 992 g/mol. The van der Waals surface area contributed by atoms with Gasteiger partial charge in [-0.15, -0.1) is 11.3 Å². The van der Waals surface area contributed by atoms with Crippen molar-refractivity contribution in [2.75, 3.05) is 59.8 Å². The van der Waals surface area contributed by atoms with E-state index >= 15 is 0 Å². The number of benzene rings is 2. The summed E-state index contributed by atoms with van der Waals surface area (Å²) in [6.07, 6.45) is 3.31. The summed E-state index contributed by atoms with van der Waals surface area (Å²) in [7, 11) is 1.48. The van der Waals surface area contributed by atoms with Crippen LogP contribution in [0.25, 0.3) is 16.5 Å². The average molecular weight is 1060 g/mol. The quantitative estimate of drug-likeness (QED) is 0.0483. The lowest BCUT2D eigenvalue weighted by Gasteiger charge is -2.35. The third-order valence-electron chi connectivity index (χ3n) is 13.2. The van der Waals surface area contributed by atoms with Crippen molar-refractivity contribution in [3.63, 3.8) is 0 Å². The molecule has 0 spiro atoms. The van der Waals surface area contributed by atoms with Crippen LogP contribution in [0.15, 0.2) is 72.4 Å². The van der Waals surface area contributed by atoms with E-state index in [0.717, 1.165) is 32.8 Å². The molecule has 20 heteroatoms. The minimum atomic E-state index is -4.17. The lowest BCUT2D eigenvalue weighted by molar-refractivity contribution is -0.183. The van der Waals surface area contributed by atoms with Crippen LogP contribution in [0, 0.1) is 24.2 Å². The number of likely N-dealkylation sites (tertiary alicyclic amines) is 1. The molecule has 2 aliphatic rings. The van der Waals surface area contributed by atoms with Crippen molar-refractivity contribution in [1.29, 1.82) is 0 Å². The van der Waals surface area contributed by atoms with E-state index in [9.17, 15) is 37.1 Å². The molecule has 1 aliphatic heterocycles. The summed E-state index contributed by atoms with van der Waals surface area (Å²) >= 11 is 1.58. The third-order valence-corrected chi connectivity index (χ3v) is 14.2. The van der Waals surface area contributed by atoms with Gasteiger partial charge in [0.05, 0.1) is 74.8 Å². The summed E-state index contributed by atoms with van der Waals surface area (Å²) < 4.78 is 61.4. The fourth-order valence-corrected chi connectivity index (χ4v) is 9.79. The number of hydrogen-bond donors (Lipinski definition) is 4. The molecule has 1 saturated heterocycles. The highest BCUT2D eigenvalue weighted by molar-refractivity contribution is 7.13. The highest BCUT2D eigenvalue weighted by atomic mass is 32.1. The smallest absolute Gasteiger partial charge is 0.391 e. The van der Waals surface area contributed by atoms with Gasteiger partial charge in [0.25, 0.3) is 5.91 Å². The van der Waals surface area contributed by atoms with Crippen LogP contribution in [0.4, 0.5) is 13.2 Å². The Labute approximate surface area is 440 Å². The number of carbonyl (C=O) groups excluding carboxylic acids is 5. The first-order valence-corrected chi connectivity index (χ1v) is 26.3. The number of methoxy groups -OCH3 is 1. The normalized spacial score (nSPS) is 17.4. The van der Waals surface area contributed by atoms with Gasteiger partial charge >= 0.3 is 6.18 Å². The summed E-state index contributed by atoms with van der Waals surface area (Å²) in [6, 6.07) is 15.3. The number of aryl methyl sites for hydroxylation is 1. The average Bonchev–Trinajstić information content (AvgIpc) is 4.07. The Morgan fingerprint density at radius 1 is 0.813 bits per heavy atom. The molecule has 1 saturated carbocycles. The molecule has 3 heterocycles. The van der Waals surface area contributed by atoms with Gasteiger partial charge in [0.1, 0.15) is 30.1 Å². The van der Waals surface area contributed by atoms with E-state index in [1.807, 2.05) is 81.7 Å². The van der Waals surface area contributed by atoms with Crippen LogP contribution < -0.4 is 26.0 Å². The second kappa shape index (κ2) is 28.1. The van der Waals surface area contributed by atoms with Crippen LogP contribution in [0.2, 0.25) is 0 Å². The van der Waals surface area contributed by atoms with Crippen molar-refractivity contribution in [2.24, 2.45) is 17.3 Å². The maximum absolute atomic E-state index is 13.9. The fraction of sp³-hybridized carbons (Fsp3) is 0.509. The van der Waals surface area contributed by atoms with E-state index in [2.05, 4.69) is 31.2 Å². The molecule has 0 bridgehead atoms.